The topological polar surface area (TPSA) is 18.5 Å². The SMILES string of the molecule is COCOCc1cc(F)cc(F)c1. The normalized spacial score (nSPS) is 10.4. The molecular formula is C9H10F2O2. The van der Waals surface area contributed by atoms with Crippen molar-refractivity contribution in [2.75, 3.05) is 13.9 Å². The molecule has 0 aliphatic carbocycles. The maximum atomic E-state index is 12.6. The molecule has 1 aromatic rings. The Morgan fingerprint density at radius 1 is 1.15 bits per heavy atom. The summed E-state index contributed by atoms with van der Waals surface area (Å²) >= 11 is 0. The number of hydrogen-bond donors (Lipinski definition) is 0. The molecule has 0 aromatic heterocycles. The molecule has 0 heterocycles. The molecule has 13 heavy (non-hydrogen) atoms. The molecule has 1 aromatic carbocycles. The first-order chi connectivity index (χ1) is 6.22. The first kappa shape index (κ1) is 10.1. The van der Waals surface area contributed by atoms with E-state index in [2.05, 4.69) is 4.74 Å². The predicted octanol–water partition coefficient (Wildman–Crippen LogP) is 2.09. The van der Waals surface area contributed by atoms with Gasteiger partial charge in [0.25, 0.3) is 0 Å². The summed E-state index contributed by atoms with van der Waals surface area (Å²) in [6.45, 7) is 0.251. The molecule has 0 aliphatic rings. The average molecular weight is 188 g/mol. The number of ether oxygens (including phenoxy) is 2. The lowest BCUT2D eigenvalue weighted by molar-refractivity contribution is -0.0391. The van der Waals surface area contributed by atoms with Crippen LogP contribution in [0.2, 0.25) is 0 Å². The first-order valence-corrected chi connectivity index (χ1v) is 3.74. The van der Waals surface area contributed by atoms with Gasteiger partial charge < -0.3 is 9.47 Å². The number of halogens is 2. The van der Waals surface area contributed by atoms with Crippen molar-refractivity contribution in [3.8, 4) is 0 Å². The van der Waals surface area contributed by atoms with Gasteiger partial charge in [0.1, 0.15) is 18.4 Å². The molecule has 4 heteroatoms. The molecule has 2 nitrogen and oxygen atoms in total. The van der Waals surface area contributed by atoms with Crippen LogP contribution in [-0.4, -0.2) is 13.9 Å². The summed E-state index contributed by atoms with van der Waals surface area (Å²) in [5, 5.41) is 0. The highest BCUT2D eigenvalue weighted by atomic mass is 19.1. The lowest BCUT2D eigenvalue weighted by Crippen LogP contribution is -1.97. The van der Waals surface area contributed by atoms with E-state index in [1.165, 1.54) is 19.2 Å². The van der Waals surface area contributed by atoms with Gasteiger partial charge in [-0.25, -0.2) is 8.78 Å². The van der Waals surface area contributed by atoms with Crippen LogP contribution in [0.15, 0.2) is 18.2 Å². The molecule has 0 radical (unpaired) electrons. The van der Waals surface area contributed by atoms with Crippen LogP contribution >= 0.6 is 0 Å². The van der Waals surface area contributed by atoms with Gasteiger partial charge in [0.05, 0.1) is 6.61 Å². The van der Waals surface area contributed by atoms with E-state index in [1.807, 2.05) is 0 Å². The molecule has 0 bridgehead atoms. The maximum Gasteiger partial charge on any atom is 0.146 e. The van der Waals surface area contributed by atoms with Gasteiger partial charge in [-0.05, 0) is 17.7 Å². The molecule has 0 fully saturated rings. The summed E-state index contributed by atoms with van der Waals surface area (Å²) in [4.78, 5) is 0. The highest BCUT2D eigenvalue weighted by molar-refractivity contribution is 5.16. The molecule has 0 spiro atoms. The summed E-state index contributed by atoms with van der Waals surface area (Å²) in [5.41, 5.74) is 0.453. The van der Waals surface area contributed by atoms with E-state index in [0.29, 0.717) is 5.56 Å². The highest BCUT2D eigenvalue weighted by Gasteiger charge is 1.99. The van der Waals surface area contributed by atoms with Crippen LogP contribution in [0.25, 0.3) is 0 Å². The Labute approximate surface area is 75.1 Å². The Balaban J connectivity index is 2.56. The predicted molar refractivity (Wildman–Crippen MR) is 43.0 cm³/mol. The van der Waals surface area contributed by atoms with Crippen LogP contribution in [0.4, 0.5) is 8.78 Å². The maximum absolute atomic E-state index is 12.6. The minimum Gasteiger partial charge on any atom is -0.359 e. The average Bonchev–Trinajstić information content (AvgIpc) is 2.03. The summed E-state index contributed by atoms with van der Waals surface area (Å²) in [5.74, 6) is -1.20. The number of methoxy groups -OCH3 is 1. The van der Waals surface area contributed by atoms with Crippen LogP contribution in [0.3, 0.4) is 0 Å². The fourth-order valence-electron chi connectivity index (χ4n) is 0.937. The van der Waals surface area contributed by atoms with E-state index in [0.717, 1.165) is 6.07 Å². The third-order valence-corrected chi connectivity index (χ3v) is 1.39. The summed E-state index contributed by atoms with van der Waals surface area (Å²) in [6.07, 6.45) is 0. The minimum absolute atomic E-state index is 0.109. The van der Waals surface area contributed by atoms with Gasteiger partial charge in [0.15, 0.2) is 0 Å². The van der Waals surface area contributed by atoms with Crippen LogP contribution in [0.5, 0.6) is 0 Å². The van der Waals surface area contributed by atoms with Crippen LogP contribution in [0.1, 0.15) is 5.56 Å². The molecular weight excluding hydrogens is 178 g/mol. The third kappa shape index (κ3) is 3.48. The smallest absolute Gasteiger partial charge is 0.146 e. The van der Waals surface area contributed by atoms with E-state index in [1.54, 1.807) is 0 Å². The Kier molecular flexibility index (Phi) is 3.79. The summed E-state index contributed by atoms with van der Waals surface area (Å²) in [6, 6.07) is 3.26. The largest absolute Gasteiger partial charge is 0.359 e. The summed E-state index contributed by atoms with van der Waals surface area (Å²) < 4.78 is 34.8. The third-order valence-electron chi connectivity index (χ3n) is 1.39. The minimum atomic E-state index is -0.601. The van der Waals surface area contributed by atoms with E-state index < -0.39 is 11.6 Å². The zero-order valence-corrected chi connectivity index (χ0v) is 7.22. The zero-order chi connectivity index (χ0) is 9.68. The quantitative estimate of drug-likeness (QED) is 0.532. The van der Waals surface area contributed by atoms with E-state index in [-0.39, 0.29) is 13.4 Å². The van der Waals surface area contributed by atoms with Crippen molar-refractivity contribution < 1.29 is 18.3 Å². The van der Waals surface area contributed by atoms with Crippen LogP contribution < -0.4 is 0 Å². The molecule has 0 atom stereocenters. The van der Waals surface area contributed by atoms with Crippen molar-refractivity contribution in [2.24, 2.45) is 0 Å². The Bertz CT molecular complexity index is 256. The number of benzene rings is 1. The first-order valence-electron chi connectivity index (χ1n) is 3.74. The standard InChI is InChI=1S/C9H10F2O2/c1-12-6-13-5-7-2-8(10)4-9(11)3-7/h2-4H,5-6H2,1H3. The lowest BCUT2D eigenvalue weighted by Gasteiger charge is -2.02. The molecule has 0 amide bonds. The van der Waals surface area contributed by atoms with Gasteiger partial charge in [0, 0.05) is 13.2 Å². The molecule has 0 unspecified atom stereocenters. The molecule has 0 N–H and O–H groups in total. The van der Waals surface area contributed by atoms with Crippen molar-refractivity contribution in [1.82, 2.24) is 0 Å². The second kappa shape index (κ2) is 4.89. The van der Waals surface area contributed by atoms with E-state index in [4.69, 9.17) is 4.74 Å². The molecule has 0 aliphatic heterocycles. The van der Waals surface area contributed by atoms with Crippen molar-refractivity contribution in [2.45, 2.75) is 6.61 Å². The van der Waals surface area contributed by atoms with Gasteiger partial charge in [-0.1, -0.05) is 0 Å². The molecule has 0 saturated carbocycles. The Morgan fingerprint density at radius 2 is 1.77 bits per heavy atom. The highest BCUT2D eigenvalue weighted by Crippen LogP contribution is 2.08. The van der Waals surface area contributed by atoms with Gasteiger partial charge in [-0.15, -0.1) is 0 Å². The van der Waals surface area contributed by atoms with Crippen molar-refractivity contribution in [3.63, 3.8) is 0 Å². The molecule has 72 valence electrons. The van der Waals surface area contributed by atoms with Gasteiger partial charge in [-0.2, -0.15) is 0 Å². The van der Waals surface area contributed by atoms with Crippen LogP contribution in [0, 0.1) is 11.6 Å². The zero-order valence-electron chi connectivity index (χ0n) is 7.22. The number of hydrogen-bond acceptors (Lipinski definition) is 2. The Morgan fingerprint density at radius 3 is 2.31 bits per heavy atom. The lowest BCUT2D eigenvalue weighted by atomic mass is 10.2. The monoisotopic (exact) mass is 188 g/mol. The van der Waals surface area contributed by atoms with Gasteiger partial charge >= 0.3 is 0 Å². The molecule has 0 saturated heterocycles. The van der Waals surface area contributed by atoms with E-state index in [9.17, 15) is 8.78 Å². The van der Waals surface area contributed by atoms with Gasteiger partial charge in [-0.3, -0.25) is 0 Å². The van der Waals surface area contributed by atoms with Gasteiger partial charge in [0.2, 0.25) is 0 Å². The van der Waals surface area contributed by atoms with Crippen molar-refractivity contribution >= 4 is 0 Å². The van der Waals surface area contributed by atoms with Crippen molar-refractivity contribution in [3.05, 3.63) is 35.4 Å². The second-order valence-electron chi connectivity index (χ2n) is 2.53. The van der Waals surface area contributed by atoms with Crippen LogP contribution in [-0.2, 0) is 16.1 Å². The summed E-state index contributed by atoms with van der Waals surface area (Å²) in [7, 11) is 1.48. The Hall–Kier alpha value is -1.00. The second-order valence-corrected chi connectivity index (χ2v) is 2.53. The fourth-order valence-corrected chi connectivity index (χ4v) is 0.937. The number of rotatable bonds is 4. The van der Waals surface area contributed by atoms with E-state index >= 15 is 0 Å². The van der Waals surface area contributed by atoms with Crippen molar-refractivity contribution in [1.29, 1.82) is 0 Å². The fraction of sp³-hybridized carbons (Fsp3) is 0.333. The molecule has 1 rings (SSSR count).